The van der Waals surface area contributed by atoms with Crippen LogP contribution in [0.15, 0.2) is 0 Å². The Morgan fingerprint density at radius 3 is 2.57 bits per heavy atom. The molecule has 2 N–H and O–H groups in total. The third-order valence-electron chi connectivity index (χ3n) is 3.57. The Kier molecular flexibility index (Phi) is 2.52. The number of hydrogen-bond donors (Lipinski definition) is 2. The molecule has 0 aromatic rings. The Morgan fingerprint density at radius 1 is 1.36 bits per heavy atom. The van der Waals surface area contributed by atoms with E-state index in [1.165, 1.54) is 25.7 Å². The summed E-state index contributed by atoms with van der Waals surface area (Å²) < 4.78 is 0. The van der Waals surface area contributed by atoms with Crippen molar-refractivity contribution < 1.29 is 4.79 Å². The Morgan fingerprint density at radius 2 is 2.00 bits per heavy atom. The number of piperazine rings is 1. The van der Waals surface area contributed by atoms with E-state index in [0.29, 0.717) is 5.92 Å². The van der Waals surface area contributed by atoms with Crippen LogP contribution in [0.4, 0.5) is 0 Å². The van der Waals surface area contributed by atoms with Crippen LogP contribution in [0.1, 0.15) is 39.5 Å². The molecule has 3 nitrogen and oxygen atoms in total. The third kappa shape index (κ3) is 1.65. The van der Waals surface area contributed by atoms with E-state index >= 15 is 0 Å². The van der Waals surface area contributed by atoms with Crippen molar-refractivity contribution in [2.45, 2.75) is 51.1 Å². The Hall–Kier alpha value is -0.570. The molecule has 14 heavy (non-hydrogen) atoms. The van der Waals surface area contributed by atoms with E-state index in [2.05, 4.69) is 24.5 Å². The number of carbonyl (C=O) groups is 1. The van der Waals surface area contributed by atoms with Gasteiger partial charge >= 0.3 is 0 Å². The van der Waals surface area contributed by atoms with Crippen molar-refractivity contribution in [2.24, 2.45) is 5.92 Å². The molecule has 0 aromatic carbocycles. The van der Waals surface area contributed by atoms with Crippen molar-refractivity contribution in [2.75, 3.05) is 6.54 Å². The summed E-state index contributed by atoms with van der Waals surface area (Å²) in [4.78, 5) is 11.6. The lowest BCUT2D eigenvalue weighted by Gasteiger charge is -2.41. The van der Waals surface area contributed by atoms with Gasteiger partial charge in [-0.15, -0.1) is 0 Å². The zero-order chi connectivity index (χ0) is 10.2. The van der Waals surface area contributed by atoms with E-state index in [0.717, 1.165) is 6.54 Å². The van der Waals surface area contributed by atoms with Gasteiger partial charge in [-0.05, 0) is 18.8 Å². The first-order valence-corrected chi connectivity index (χ1v) is 5.68. The Balaban J connectivity index is 2.08. The molecule has 1 saturated carbocycles. The number of amides is 1. The molecule has 1 aliphatic carbocycles. The first-order chi connectivity index (χ1) is 6.63. The van der Waals surface area contributed by atoms with E-state index in [1.54, 1.807) is 0 Å². The monoisotopic (exact) mass is 196 g/mol. The SMILES string of the molecule is CC(C)C1NC2(CCCC2)CNC1=O. The standard InChI is InChI=1S/C11H20N2O/c1-8(2)9-10(14)12-7-11(13-9)5-3-4-6-11/h8-9,13H,3-7H2,1-2H3,(H,12,14). The molecule has 2 aliphatic rings. The Bertz CT molecular complexity index is 231. The van der Waals surface area contributed by atoms with Gasteiger partial charge in [-0.25, -0.2) is 0 Å². The first-order valence-electron chi connectivity index (χ1n) is 5.68. The summed E-state index contributed by atoms with van der Waals surface area (Å²) in [6.45, 7) is 5.03. The highest BCUT2D eigenvalue weighted by Gasteiger charge is 2.42. The molecule has 1 saturated heterocycles. The van der Waals surface area contributed by atoms with Gasteiger partial charge in [0.25, 0.3) is 0 Å². The molecule has 1 aliphatic heterocycles. The second-order valence-electron chi connectivity index (χ2n) is 5.07. The summed E-state index contributed by atoms with van der Waals surface area (Å²) in [7, 11) is 0. The van der Waals surface area contributed by atoms with Crippen LogP contribution in [-0.4, -0.2) is 24.0 Å². The second kappa shape index (κ2) is 3.54. The van der Waals surface area contributed by atoms with Crippen molar-refractivity contribution in [3.05, 3.63) is 0 Å². The summed E-state index contributed by atoms with van der Waals surface area (Å²) >= 11 is 0. The van der Waals surface area contributed by atoms with E-state index < -0.39 is 0 Å². The number of nitrogens with one attached hydrogen (secondary N) is 2. The van der Waals surface area contributed by atoms with E-state index in [-0.39, 0.29) is 17.5 Å². The van der Waals surface area contributed by atoms with E-state index in [1.807, 2.05) is 0 Å². The molecule has 1 atom stereocenters. The van der Waals surface area contributed by atoms with Gasteiger partial charge in [0, 0.05) is 12.1 Å². The second-order valence-corrected chi connectivity index (χ2v) is 5.07. The molecule has 80 valence electrons. The molecule has 1 unspecified atom stereocenters. The van der Waals surface area contributed by atoms with Crippen molar-refractivity contribution >= 4 is 5.91 Å². The quantitative estimate of drug-likeness (QED) is 0.658. The van der Waals surface area contributed by atoms with Crippen LogP contribution in [0.25, 0.3) is 0 Å². The molecule has 2 rings (SSSR count). The molecular weight excluding hydrogens is 176 g/mol. The predicted molar refractivity (Wildman–Crippen MR) is 56.0 cm³/mol. The van der Waals surface area contributed by atoms with Gasteiger partial charge in [0.2, 0.25) is 5.91 Å². The molecule has 0 bridgehead atoms. The predicted octanol–water partition coefficient (Wildman–Crippen LogP) is 1.04. The van der Waals surface area contributed by atoms with Gasteiger partial charge in [0.05, 0.1) is 6.04 Å². The molecule has 2 fully saturated rings. The van der Waals surface area contributed by atoms with Gasteiger partial charge in [-0.3, -0.25) is 10.1 Å². The van der Waals surface area contributed by atoms with Crippen molar-refractivity contribution in [1.82, 2.24) is 10.6 Å². The highest BCUT2D eigenvalue weighted by Crippen LogP contribution is 2.31. The fourth-order valence-electron chi connectivity index (χ4n) is 2.66. The number of carbonyl (C=O) groups excluding carboxylic acids is 1. The smallest absolute Gasteiger partial charge is 0.237 e. The maximum atomic E-state index is 11.6. The van der Waals surface area contributed by atoms with Crippen molar-refractivity contribution in [3.63, 3.8) is 0 Å². The third-order valence-corrected chi connectivity index (χ3v) is 3.57. The fraction of sp³-hybridized carbons (Fsp3) is 0.909. The van der Waals surface area contributed by atoms with Crippen LogP contribution >= 0.6 is 0 Å². The molecule has 1 spiro atoms. The molecular formula is C11H20N2O. The summed E-state index contributed by atoms with van der Waals surface area (Å²) in [5, 5.41) is 6.61. The Labute approximate surface area is 85.6 Å². The minimum absolute atomic E-state index is 0.0156. The summed E-state index contributed by atoms with van der Waals surface area (Å²) in [5.74, 6) is 0.560. The van der Waals surface area contributed by atoms with Crippen molar-refractivity contribution in [1.29, 1.82) is 0 Å². The maximum absolute atomic E-state index is 11.6. The average Bonchev–Trinajstić information content (AvgIpc) is 2.58. The van der Waals surface area contributed by atoms with Crippen molar-refractivity contribution in [3.8, 4) is 0 Å². The lowest BCUT2D eigenvalue weighted by Crippen LogP contribution is -2.66. The molecule has 1 heterocycles. The fourth-order valence-corrected chi connectivity index (χ4v) is 2.66. The minimum Gasteiger partial charge on any atom is -0.353 e. The van der Waals surface area contributed by atoms with Crippen LogP contribution in [0, 0.1) is 5.92 Å². The van der Waals surface area contributed by atoms with Gasteiger partial charge < -0.3 is 5.32 Å². The van der Waals surface area contributed by atoms with Gasteiger partial charge in [-0.2, -0.15) is 0 Å². The van der Waals surface area contributed by atoms with Crippen LogP contribution in [0.3, 0.4) is 0 Å². The van der Waals surface area contributed by atoms with Gasteiger partial charge in [-0.1, -0.05) is 26.7 Å². The van der Waals surface area contributed by atoms with Crippen LogP contribution in [0.2, 0.25) is 0 Å². The summed E-state index contributed by atoms with van der Waals surface area (Å²) in [6.07, 6.45) is 5.04. The molecule has 0 radical (unpaired) electrons. The highest BCUT2D eigenvalue weighted by atomic mass is 16.2. The number of hydrogen-bond acceptors (Lipinski definition) is 2. The maximum Gasteiger partial charge on any atom is 0.237 e. The summed E-state index contributed by atoms with van der Waals surface area (Å²) in [6, 6.07) is 0.0156. The molecule has 1 amide bonds. The lowest BCUT2D eigenvalue weighted by molar-refractivity contribution is -0.127. The van der Waals surface area contributed by atoms with Gasteiger partial charge in [0.15, 0.2) is 0 Å². The van der Waals surface area contributed by atoms with E-state index in [9.17, 15) is 4.79 Å². The topological polar surface area (TPSA) is 41.1 Å². The molecule has 3 heteroatoms. The van der Waals surface area contributed by atoms with Crippen LogP contribution in [0.5, 0.6) is 0 Å². The first kappa shape index (κ1) is 9.97. The minimum atomic E-state index is 0.0156. The highest BCUT2D eigenvalue weighted by molar-refractivity contribution is 5.83. The normalized spacial score (nSPS) is 31.1. The summed E-state index contributed by atoms with van der Waals surface area (Å²) in [5.41, 5.74) is 0.225. The largest absolute Gasteiger partial charge is 0.353 e. The lowest BCUT2D eigenvalue weighted by atomic mass is 9.89. The molecule has 0 aromatic heterocycles. The number of rotatable bonds is 1. The average molecular weight is 196 g/mol. The van der Waals surface area contributed by atoms with Gasteiger partial charge in [0.1, 0.15) is 0 Å². The zero-order valence-corrected chi connectivity index (χ0v) is 9.10. The zero-order valence-electron chi connectivity index (χ0n) is 9.10. The van der Waals surface area contributed by atoms with Crippen LogP contribution in [-0.2, 0) is 4.79 Å². The van der Waals surface area contributed by atoms with E-state index in [4.69, 9.17) is 0 Å². The van der Waals surface area contributed by atoms with Crippen LogP contribution < -0.4 is 10.6 Å².